The molecule has 1 N–H and O–H groups in total. The van der Waals surface area contributed by atoms with Crippen LogP contribution in [0.1, 0.15) is 12.0 Å². The normalized spacial score (nSPS) is 10.5. The smallest absolute Gasteiger partial charge is 0.224 e. The van der Waals surface area contributed by atoms with Gasteiger partial charge in [-0.25, -0.2) is 4.98 Å². The maximum atomic E-state index is 12.0. The van der Waals surface area contributed by atoms with Gasteiger partial charge in [0.05, 0.1) is 0 Å². The van der Waals surface area contributed by atoms with Crippen LogP contribution in [0.3, 0.4) is 0 Å². The average molecular weight is 338 g/mol. The SMILES string of the molecule is Cn1ccnc1Sc1ccc(NC(=O)CCc2cccnc2)cc1. The van der Waals surface area contributed by atoms with Crippen LogP contribution in [0.15, 0.2) is 71.2 Å². The van der Waals surface area contributed by atoms with Crippen LogP contribution in [0, 0.1) is 0 Å². The Kier molecular flexibility index (Phi) is 5.28. The van der Waals surface area contributed by atoms with E-state index in [1.165, 1.54) is 0 Å². The number of hydrogen-bond donors (Lipinski definition) is 1. The highest BCUT2D eigenvalue weighted by Gasteiger charge is 2.05. The van der Waals surface area contributed by atoms with Gasteiger partial charge in [0.25, 0.3) is 0 Å². The molecule has 0 aliphatic carbocycles. The topological polar surface area (TPSA) is 59.8 Å². The van der Waals surface area contributed by atoms with E-state index < -0.39 is 0 Å². The first-order valence-electron chi connectivity index (χ1n) is 7.65. The number of amides is 1. The van der Waals surface area contributed by atoms with Crippen molar-refractivity contribution in [1.29, 1.82) is 0 Å². The summed E-state index contributed by atoms with van der Waals surface area (Å²) in [5.41, 5.74) is 1.87. The molecule has 1 aromatic carbocycles. The summed E-state index contributed by atoms with van der Waals surface area (Å²) in [6, 6.07) is 11.6. The fraction of sp³-hybridized carbons (Fsp3) is 0.167. The molecule has 0 radical (unpaired) electrons. The monoisotopic (exact) mass is 338 g/mol. The molecule has 0 saturated heterocycles. The molecule has 0 unspecified atom stereocenters. The Hall–Kier alpha value is -2.60. The third-order valence-electron chi connectivity index (χ3n) is 3.49. The van der Waals surface area contributed by atoms with Gasteiger partial charge in [0, 0.05) is 48.8 Å². The molecule has 6 heteroatoms. The highest BCUT2D eigenvalue weighted by Crippen LogP contribution is 2.26. The lowest BCUT2D eigenvalue weighted by Gasteiger charge is -2.07. The van der Waals surface area contributed by atoms with Crippen molar-refractivity contribution in [2.24, 2.45) is 7.05 Å². The predicted molar refractivity (Wildman–Crippen MR) is 95.0 cm³/mol. The minimum absolute atomic E-state index is 0.00311. The van der Waals surface area contributed by atoms with Gasteiger partial charge in [-0.15, -0.1) is 0 Å². The fourth-order valence-corrected chi connectivity index (χ4v) is 2.99. The summed E-state index contributed by atoms with van der Waals surface area (Å²) in [6.45, 7) is 0. The molecule has 3 aromatic rings. The Morgan fingerprint density at radius 3 is 2.71 bits per heavy atom. The average Bonchev–Trinajstić information content (AvgIpc) is 3.01. The third-order valence-corrected chi connectivity index (χ3v) is 4.57. The molecule has 0 aliphatic rings. The van der Waals surface area contributed by atoms with E-state index in [1.807, 2.05) is 54.2 Å². The number of nitrogens with one attached hydrogen (secondary N) is 1. The van der Waals surface area contributed by atoms with Crippen LogP contribution in [0.25, 0.3) is 0 Å². The van der Waals surface area contributed by atoms with E-state index in [2.05, 4.69) is 15.3 Å². The first-order chi connectivity index (χ1) is 11.7. The van der Waals surface area contributed by atoms with Crippen LogP contribution in [-0.4, -0.2) is 20.4 Å². The number of aryl methyl sites for hydroxylation is 2. The van der Waals surface area contributed by atoms with Crippen LogP contribution < -0.4 is 5.32 Å². The van der Waals surface area contributed by atoms with E-state index in [9.17, 15) is 4.79 Å². The van der Waals surface area contributed by atoms with Crippen LogP contribution >= 0.6 is 11.8 Å². The van der Waals surface area contributed by atoms with Gasteiger partial charge in [0.15, 0.2) is 5.16 Å². The highest BCUT2D eigenvalue weighted by molar-refractivity contribution is 7.99. The Balaban J connectivity index is 1.52. The van der Waals surface area contributed by atoms with Gasteiger partial charge >= 0.3 is 0 Å². The standard InChI is InChI=1S/C18H18N4OS/c1-22-12-11-20-18(22)24-16-7-5-15(6-8-16)21-17(23)9-4-14-3-2-10-19-13-14/h2-3,5-8,10-13H,4,9H2,1H3,(H,21,23). The van der Waals surface area contributed by atoms with Gasteiger partial charge < -0.3 is 9.88 Å². The first kappa shape index (κ1) is 16.3. The molecule has 1 amide bonds. The number of pyridine rings is 1. The van der Waals surface area contributed by atoms with E-state index in [1.54, 1.807) is 30.4 Å². The molecule has 2 heterocycles. The maximum absolute atomic E-state index is 12.0. The van der Waals surface area contributed by atoms with Crippen molar-refractivity contribution in [2.75, 3.05) is 5.32 Å². The minimum atomic E-state index is 0.00311. The number of carbonyl (C=O) groups is 1. The van der Waals surface area contributed by atoms with Crippen molar-refractivity contribution >= 4 is 23.4 Å². The van der Waals surface area contributed by atoms with Gasteiger partial charge in [-0.05, 0) is 42.3 Å². The van der Waals surface area contributed by atoms with Gasteiger partial charge in [-0.1, -0.05) is 17.8 Å². The van der Waals surface area contributed by atoms with Gasteiger partial charge in [0.2, 0.25) is 5.91 Å². The molecule has 2 aromatic heterocycles. The van der Waals surface area contributed by atoms with Gasteiger partial charge in [0.1, 0.15) is 0 Å². The molecule has 0 spiro atoms. The summed E-state index contributed by atoms with van der Waals surface area (Å²) >= 11 is 1.59. The molecule has 5 nitrogen and oxygen atoms in total. The number of rotatable bonds is 6. The van der Waals surface area contributed by atoms with E-state index >= 15 is 0 Å². The molecule has 122 valence electrons. The Bertz CT molecular complexity index is 799. The van der Waals surface area contributed by atoms with Crippen LogP contribution in [0.2, 0.25) is 0 Å². The quantitative estimate of drug-likeness (QED) is 0.747. The van der Waals surface area contributed by atoms with E-state index in [-0.39, 0.29) is 5.91 Å². The minimum Gasteiger partial charge on any atom is -0.329 e. The lowest BCUT2D eigenvalue weighted by molar-refractivity contribution is -0.116. The van der Waals surface area contributed by atoms with Crippen molar-refractivity contribution in [1.82, 2.24) is 14.5 Å². The van der Waals surface area contributed by atoms with Crippen molar-refractivity contribution in [2.45, 2.75) is 22.9 Å². The molecule has 0 aliphatic heterocycles. The van der Waals surface area contributed by atoms with Gasteiger partial charge in [-0.2, -0.15) is 0 Å². The largest absolute Gasteiger partial charge is 0.329 e. The summed E-state index contributed by atoms with van der Waals surface area (Å²) in [4.78, 5) is 21.4. The number of hydrogen-bond acceptors (Lipinski definition) is 4. The molecule has 0 fully saturated rings. The number of nitrogens with zero attached hydrogens (tertiary/aromatic N) is 3. The number of anilines is 1. The van der Waals surface area contributed by atoms with Crippen molar-refractivity contribution in [3.8, 4) is 0 Å². The lowest BCUT2D eigenvalue weighted by Crippen LogP contribution is -2.12. The fourth-order valence-electron chi connectivity index (χ4n) is 2.19. The van der Waals surface area contributed by atoms with Crippen LogP contribution in [0.5, 0.6) is 0 Å². The lowest BCUT2D eigenvalue weighted by atomic mass is 10.1. The predicted octanol–water partition coefficient (Wildman–Crippen LogP) is 3.54. The molecular weight excluding hydrogens is 320 g/mol. The molecule has 0 saturated carbocycles. The van der Waals surface area contributed by atoms with Crippen molar-refractivity contribution in [3.05, 3.63) is 66.7 Å². The van der Waals surface area contributed by atoms with Crippen molar-refractivity contribution in [3.63, 3.8) is 0 Å². The van der Waals surface area contributed by atoms with E-state index in [4.69, 9.17) is 0 Å². The number of carbonyl (C=O) groups excluding carboxylic acids is 1. The second-order valence-electron chi connectivity index (χ2n) is 5.36. The second kappa shape index (κ2) is 7.79. The van der Waals surface area contributed by atoms with E-state index in [0.29, 0.717) is 12.8 Å². The first-order valence-corrected chi connectivity index (χ1v) is 8.46. The zero-order valence-electron chi connectivity index (χ0n) is 13.3. The number of benzene rings is 1. The molecule has 24 heavy (non-hydrogen) atoms. The maximum Gasteiger partial charge on any atom is 0.224 e. The summed E-state index contributed by atoms with van der Waals surface area (Å²) in [6.07, 6.45) is 8.34. The zero-order valence-corrected chi connectivity index (χ0v) is 14.2. The van der Waals surface area contributed by atoms with Crippen molar-refractivity contribution < 1.29 is 4.79 Å². The highest BCUT2D eigenvalue weighted by atomic mass is 32.2. The van der Waals surface area contributed by atoms with E-state index in [0.717, 1.165) is 21.3 Å². The molecule has 0 atom stereocenters. The summed E-state index contributed by atoms with van der Waals surface area (Å²) < 4.78 is 1.97. The third kappa shape index (κ3) is 4.45. The number of imidazole rings is 1. The number of aromatic nitrogens is 3. The molecular formula is C18H18N4OS. The Morgan fingerprint density at radius 2 is 2.04 bits per heavy atom. The molecule has 0 bridgehead atoms. The second-order valence-corrected chi connectivity index (χ2v) is 6.40. The Morgan fingerprint density at radius 1 is 1.21 bits per heavy atom. The summed E-state index contributed by atoms with van der Waals surface area (Å²) in [7, 11) is 1.96. The Labute approximate surface area is 145 Å². The molecule has 3 rings (SSSR count). The van der Waals surface area contributed by atoms with Gasteiger partial charge in [-0.3, -0.25) is 9.78 Å². The summed E-state index contributed by atoms with van der Waals surface area (Å²) in [5.74, 6) is 0.00311. The van der Waals surface area contributed by atoms with Crippen LogP contribution in [-0.2, 0) is 18.3 Å². The van der Waals surface area contributed by atoms with Crippen LogP contribution in [0.4, 0.5) is 5.69 Å². The summed E-state index contributed by atoms with van der Waals surface area (Å²) in [5, 5.41) is 3.85. The zero-order chi connectivity index (χ0) is 16.8.